The van der Waals surface area contributed by atoms with Crippen LogP contribution < -0.4 is 5.32 Å². The van der Waals surface area contributed by atoms with Crippen molar-refractivity contribution >= 4 is 0 Å². The molecule has 2 heteroatoms. The highest BCUT2D eigenvalue weighted by atomic mass is 19.1. The van der Waals surface area contributed by atoms with Crippen LogP contribution in [0.1, 0.15) is 33.6 Å². The summed E-state index contributed by atoms with van der Waals surface area (Å²) in [7, 11) is 0. The van der Waals surface area contributed by atoms with Gasteiger partial charge in [0.05, 0.1) is 0 Å². The zero-order valence-electron chi connectivity index (χ0n) is 7.65. The molecule has 0 amide bonds. The lowest BCUT2D eigenvalue weighted by Crippen LogP contribution is -2.43. The molecule has 1 N–H and O–H groups in total. The summed E-state index contributed by atoms with van der Waals surface area (Å²) in [6.45, 7) is 5.98. The molecule has 1 rings (SSSR count). The summed E-state index contributed by atoms with van der Waals surface area (Å²) in [6.07, 6.45) is 2.46. The van der Waals surface area contributed by atoms with Crippen molar-refractivity contribution in [1.29, 1.82) is 0 Å². The van der Waals surface area contributed by atoms with E-state index in [1.54, 1.807) is 0 Å². The summed E-state index contributed by atoms with van der Waals surface area (Å²) >= 11 is 0. The zero-order valence-corrected chi connectivity index (χ0v) is 7.65. The van der Waals surface area contributed by atoms with Gasteiger partial charge in [-0.3, -0.25) is 0 Å². The van der Waals surface area contributed by atoms with Gasteiger partial charge in [0, 0.05) is 12.1 Å². The molecule has 1 unspecified atom stereocenters. The van der Waals surface area contributed by atoms with Crippen LogP contribution in [0, 0.1) is 5.41 Å². The van der Waals surface area contributed by atoms with Gasteiger partial charge in [0.15, 0.2) is 0 Å². The van der Waals surface area contributed by atoms with Gasteiger partial charge in [-0.05, 0) is 18.3 Å². The lowest BCUT2D eigenvalue weighted by molar-refractivity contribution is 0.219. The van der Waals surface area contributed by atoms with Gasteiger partial charge in [-0.1, -0.05) is 20.8 Å². The number of hydrogen-bond donors (Lipinski definition) is 1. The van der Waals surface area contributed by atoms with Crippen LogP contribution in [-0.4, -0.2) is 18.8 Å². The minimum absolute atomic E-state index is 0.0370. The Balaban J connectivity index is 2.34. The number of rotatable bonds is 3. The summed E-state index contributed by atoms with van der Waals surface area (Å²) in [5, 5.41) is 3.31. The fourth-order valence-electron chi connectivity index (χ4n) is 1.06. The Morgan fingerprint density at radius 3 is 2.27 bits per heavy atom. The quantitative estimate of drug-likeness (QED) is 0.665. The second-order valence-corrected chi connectivity index (χ2v) is 4.51. The molecule has 0 radical (unpaired) electrons. The third-order valence-corrected chi connectivity index (χ3v) is 2.21. The van der Waals surface area contributed by atoms with E-state index in [0.717, 1.165) is 0 Å². The van der Waals surface area contributed by atoms with Crippen LogP contribution in [0.25, 0.3) is 0 Å². The highest BCUT2D eigenvalue weighted by Gasteiger charge is 2.30. The Morgan fingerprint density at radius 2 is 2.00 bits per heavy atom. The van der Waals surface area contributed by atoms with Gasteiger partial charge in [-0.15, -0.1) is 0 Å². The average Bonchev–Trinajstić information content (AvgIpc) is 2.62. The number of nitrogens with one attached hydrogen (secondary N) is 1. The maximum absolute atomic E-state index is 12.5. The molecule has 0 saturated heterocycles. The molecule has 1 atom stereocenters. The average molecular weight is 159 g/mol. The molecular weight excluding hydrogens is 141 g/mol. The van der Waals surface area contributed by atoms with Crippen molar-refractivity contribution in [2.75, 3.05) is 6.67 Å². The van der Waals surface area contributed by atoms with Crippen molar-refractivity contribution in [3.63, 3.8) is 0 Å². The van der Waals surface area contributed by atoms with Crippen molar-refractivity contribution in [3.8, 4) is 0 Å². The molecule has 1 fully saturated rings. The van der Waals surface area contributed by atoms with Gasteiger partial charge in [-0.25, -0.2) is 4.39 Å². The Labute approximate surface area is 68.4 Å². The highest BCUT2D eigenvalue weighted by Crippen LogP contribution is 2.25. The molecule has 0 heterocycles. The van der Waals surface area contributed by atoms with Crippen LogP contribution in [0.4, 0.5) is 4.39 Å². The van der Waals surface area contributed by atoms with E-state index in [2.05, 4.69) is 26.1 Å². The maximum atomic E-state index is 12.5. The standard InChI is InChI=1S/C9H18FN/c1-9(2,3)8(6-10)11-7-4-5-7/h7-8,11H,4-6H2,1-3H3. The monoisotopic (exact) mass is 159 g/mol. The molecule has 1 nitrogen and oxygen atoms in total. The van der Waals surface area contributed by atoms with Crippen molar-refractivity contribution in [1.82, 2.24) is 5.32 Å². The van der Waals surface area contributed by atoms with Crippen molar-refractivity contribution in [2.45, 2.75) is 45.7 Å². The van der Waals surface area contributed by atoms with E-state index < -0.39 is 0 Å². The minimum atomic E-state index is -0.250. The molecule has 0 aromatic rings. The first kappa shape index (κ1) is 8.98. The molecule has 0 aliphatic heterocycles. The molecular formula is C9H18FN. The van der Waals surface area contributed by atoms with Gasteiger partial charge in [0.1, 0.15) is 6.67 Å². The van der Waals surface area contributed by atoms with Gasteiger partial charge in [0.25, 0.3) is 0 Å². The van der Waals surface area contributed by atoms with Crippen LogP contribution in [0.3, 0.4) is 0 Å². The van der Waals surface area contributed by atoms with E-state index in [0.29, 0.717) is 6.04 Å². The number of alkyl halides is 1. The molecule has 0 bridgehead atoms. The first-order valence-corrected chi connectivity index (χ1v) is 4.36. The Morgan fingerprint density at radius 1 is 1.45 bits per heavy atom. The molecule has 0 aromatic carbocycles. The third-order valence-electron chi connectivity index (χ3n) is 2.21. The predicted molar refractivity (Wildman–Crippen MR) is 45.4 cm³/mol. The highest BCUT2D eigenvalue weighted by molar-refractivity contribution is 4.89. The van der Waals surface area contributed by atoms with E-state index in [-0.39, 0.29) is 18.1 Å². The Bertz CT molecular complexity index is 124. The second kappa shape index (κ2) is 3.10. The molecule has 1 aliphatic carbocycles. The molecule has 0 spiro atoms. The predicted octanol–water partition coefficient (Wildman–Crippen LogP) is 2.12. The van der Waals surface area contributed by atoms with E-state index in [9.17, 15) is 4.39 Å². The summed E-state index contributed by atoms with van der Waals surface area (Å²) in [5.41, 5.74) is 0.0529. The molecule has 11 heavy (non-hydrogen) atoms. The van der Waals surface area contributed by atoms with Gasteiger partial charge in [0.2, 0.25) is 0 Å². The molecule has 1 saturated carbocycles. The topological polar surface area (TPSA) is 12.0 Å². The summed E-state index contributed by atoms with van der Waals surface area (Å²) < 4.78 is 12.5. The largest absolute Gasteiger partial charge is 0.308 e. The summed E-state index contributed by atoms with van der Waals surface area (Å²) in [5.74, 6) is 0. The Kier molecular flexibility index (Phi) is 2.53. The van der Waals surface area contributed by atoms with Gasteiger partial charge < -0.3 is 5.32 Å². The first-order chi connectivity index (χ1) is 5.04. The smallest absolute Gasteiger partial charge is 0.105 e. The van der Waals surface area contributed by atoms with Crippen LogP contribution in [0.15, 0.2) is 0 Å². The van der Waals surface area contributed by atoms with E-state index >= 15 is 0 Å². The van der Waals surface area contributed by atoms with E-state index in [4.69, 9.17) is 0 Å². The van der Waals surface area contributed by atoms with E-state index in [1.165, 1.54) is 12.8 Å². The van der Waals surface area contributed by atoms with Crippen LogP contribution in [0.5, 0.6) is 0 Å². The van der Waals surface area contributed by atoms with Gasteiger partial charge in [-0.2, -0.15) is 0 Å². The van der Waals surface area contributed by atoms with Gasteiger partial charge >= 0.3 is 0 Å². The molecule has 66 valence electrons. The normalized spacial score (nSPS) is 21.8. The number of hydrogen-bond acceptors (Lipinski definition) is 1. The second-order valence-electron chi connectivity index (χ2n) is 4.51. The fraction of sp³-hybridized carbons (Fsp3) is 1.00. The molecule has 0 aromatic heterocycles. The third kappa shape index (κ3) is 2.78. The lowest BCUT2D eigenvalue weighted by atomic mass is 9.87. The lowest BCUT2D eigenvalue weighted by Gasteiger charge is -2.29. The number of halogens is 1. The van der Waals surface area contributed by atoms with Crippen molar-refractivity contribution in [3.05, 3.63) is 0 Å². The Hall–Kier alpha value is -0.110. The molecule has 1 aliphatic rings. The van der Waals surface area contributed by atoms with Crippen LogP contribution in [-0.2, 0) is 0 Å². The zero-order chi connectivity index (χ0) is 8.48. The summed E-state index contributed by atoms with van der Waals surface area (Å²) in [4.78, 5) is 0. The van der Waals surface area contributed by atoms with Crippen LogP contribution in [0.2, 0.25) is 0 Å². The van der Waals surface area contributed by atoms with E-state index in [1.807, 2.05) is 0 Å². The summed E-state index contributed by atoms with van der Waals surface area (Å²) in [6, 6.07) is 0.643. The maximum Gasteiger partial charge on any atom is 0.105 e. The fourth-order valence-corrected chi connectivity index (χ4v) is 1.06. The van der Waals surface area contributed by atoms with Crippen molar-refractivity contribution in [2.24, 2.45) is 5.41 Å². The van der Waals surface area contributed by atoms with Crippen LogP contribution >= 0.6 is 0 Å². The van der Waals surface area contributed by atoms with Crippen molar-refractivity contribution < 1.29 is 4.39 Å². The minimum Gasteiger partial charge on any atom is -0.308 e. The SMILES string of the molecule is CC(C)(C)C(CF)NC1CC1. The first-order valence-electron chi connectivity index (χ1n) is 4.36.